The maximum atomic E-state index is 14.6. The molecule has 69 heavy (non-hydrogen) atoms. The Hall–Kier alpha value is -3.54. The fraction of sp³-hybridized carbons (Fsp3) is 0.585. The van der Waals surface area contributed by atoms with E-state index in [-0.39, 0.29) is 103 Å². The van der Waals surface area contributed by atoms with Crippen molar-refractivity contribution in [2.75, 3.05) is 54.9 Å². The van der Waals surface area contributed by atoms with Gasteiger partial charge in [0.2, 0.25) is 23.6 Å². The van der Waals surface area contributed by atoms with Crippen molar-refractivity contribution in [1.82, 2.24) is 36.4 Å². The van der Waals surface area contributed by atoms with Gasteiger partial charge >= 0.3 is 0 Å². The average Bonchev–Trinajstić information content (AvgIpc) is 3.68. The third kappa shape index (κ3) is 17.0. The van der Waals surface area contributed by atoms with Gasteiger partial charge < -0.3 is 58.4 Å². The van der Waals surface area contributed by atoms with Gasteiger partial charge in [-0.2, -0.15) is 11.8 Å². The number of carbonyl (C=O) groups excluding carboxylic acids is 4. The molecule has 0 heterocycles. The van der Waals surface area contributed by atoms with E-state index in [9.17, 15) is 29.4 Å². The molecular formula is C53H83HoN7O8-2. The Balaban J connectivity index is 0.00000817. The van der Waals surface area contributed by atoms with E-state index in [2.05, 4.69) is 86.5 Å². The van der Waals surface area contributed by atoms with Crippen molar-refractivity contribution in [3.63, 3.8) is 0 Å². The van der Waals surface area contributed by atoms with Crippen LogP contribution in [0, 0.1) is 68.5 Å². The summed E-state index contributed by atoms with van der Waals surface area (Å²) in [5.74, 6) is -2.44. The number of hydrogen-bond acceptors (Lipinski definition) is 10. The number of allylic oxidation sites excluding steroid dienone is 1. The topological polar surface area (TPSA) is 216 Å². The molecule has 2 aliphatic rings. The monoisotopic (exact) mass is 1110 g/mol. The van der Waals surface area contributed by atoms with Gasteiger partial charge in [-0.05, 0) is 97.8 Å². The number of phenolic OH excluding ortho intramolecular Hbond substituents is 1. The van der Waals surface area contributed by atoms with E-state index in [1.807, 2.05) is 32.6 Å². The van der Waals surface area contributed by atoms with Crippen molar-refractivity contribution in [3.8, 4) is 16.9 Å². The zero-order valence-electron chi connectivity index (χ0n) is 42.9. The van der Waals surface area contributed by atoms with Crippen LogP contribution in [0.25, 0.3) is 16.7 Å². The largest absolute Gasteiger partial charge is 0.508 e. The average molecular weight is 1110 g/mol. The second-order valence-electron chi connectivity index (χ2n) is 20.1. The van der Waals surface area contributed by atoms with E-state index in [0.717, 1.165) is 72.0 Å². The molecule has 2 aromatic carbocycles. The maximum absolute atomic E-state index is 14.6. The molecule has 1 radical (unpaired) electrons. The minimum atomic E-state index is -1.29. The summed E-state index contributed by atoms with van der Waals surface area (Å²) < 4.78 is 5.50. The van der Waals surface area contributed by atoms with Gasteiger partial charge in [0.1, 0.15) is 23.6 Å². The van der Waals surface area contributed by atoms with Crippen LogP contribution in [0.2, 0.25) is 0 Å². The van der Waals surface area contributed by atoms with Crippen LogP contribution in [0.3, 0.4) is 0 Å². The van der Waals surface area contributed by atoms with Crippen LogP contribution in [0.4, 0.5) is 0 Å². The van der Waals surface area contributed by atoms with Gasteiger partial charge in [0.15, 0.2) is 0 Å². The van der Waals surface area contributed by atoms with Crippen molar-refractivity contribution in [1.29, 1.82) is 0 Å². The molecule has 0 saturated heterocycles. The summed E-state index contributed by atoms with van der Waals surface area (Å²) in [4.78, 5) is 58.3. The van der Waals surface area contributed by atoms with Crippen molar-refractivity contribution >= 4 is 29.2 Å². The summed E-state index contributed by atoms with van der Waals surface area (Å²) >= 11 is 0. The van der Waals surface area contributed by atoms with Crippen LogP contribution in [0.15, 0.2) is 55.3 Å². The standard InChI is InChI=1S/C53H81N7O7.Ho.H2O/c1-14-52(8,33-57-35(3)36(4)67-13)43-22-21-39(29-42(43)34(2)30-51(5,6)7)40-25-37(26-41(61)28-40)27-45(48(63)56-24-18-17-23-54-9)58-49(64)47(38-19-15-16-20-38)60(12)46(62)32-59(11)50(65)44-31-53(44,66)55-10;;/h21-23,25-26,28-29,36,38,44-45,47,54-55,57,61,66H,2-3,5,14-20,24,27,30-33H2,1,4,6-13H3,(H,56,63)(H,58,64);;1H2/q-2;;/t36-,44-,45-,47-,52+,53-;;/m0../s1. The molecule has 4 rings (SSSR count). The number of rotatable bonds is 27. The SMILES string of the molecule is C=C(CC([CH2-])(C)C)c1cc(-c2cc(O)cc(C[C@H](NC(=O)[C@H](C3CCCC3)N(C)C(=O)CN(C)C(=O)[C@@H]3C[C@@]3(O)NC)C(=O)NCCC[CH-]NC)c2)ccc1[C@](C)(CC)CNC(=C)[C@H](C)OC.O.[Ho]. The predicted molar refractivity (Wildman–Crippen MR) is 271 cm³/mol. The van der Waals surface area contributed by atoms with E-state index in [1.165, 1.54) is 16.8 Å². The zero-order chi connectivity index (χ0) is 49.9. The number of phenols is 1. The molecule has 2 fully saturated rings. The first-order valence-electron chi connectivity index (χ1n) is 24.0. The van der Waals surface area contributed by atoms with Gasteiger partial charge in [-0.1, -0.05) is 84.7 Å². The molecular weight excluding hydrogens is 1030 g/mol. The number of methoxy groups -OCH3 is 1. The number of benzene rings is 2. The number of nitrogens with one attached hydrogen (secondary N) is 5. The fourth-order valence-electron chi connectivity index (χ4n) is 9.18. The van der Waals surface area contributed by atoms with E-state index < -0.39 is 35.5 Å². The van der Waals surface area contributed by atoms with E-state index in [0.29, 0.717) is 31.5 Å². The molecule has 0 bridgehead atoms. The van der Waals surface area contributed by atoms with Gasteiger partial charge in [0.05, 0.1) is 18.6 Å². The number of aliphatic hydroxyl groups is 1. The number of amides is 4. The summed E-state index contributed by atoms with van der Waals surface area (Å²) in [5, 5.41) is 37.0. The number of ether oxygens (including phenoxy) is 1. The molecule has 391 valence electrons. The molecule has 2 aliphatic carbocycles. The van der Waals surface area contributed by atoms with Gasteiger partial charge in [0.25, 0.3) is 0 Å². The summed E-state index contributed by atoms with van der Waals surface area (Å²) in [6.45, 7) is 26.3. The zero-order valence-corrected chi connectivity index (χ0v) is 44.8. The van der Waals surface area contributed by atoms with Crippen molar-refractivity contribution in [3.05, 3.63) is 85.4 Å². The number of likely N-dealkylation sites (N-methyl/N-ethyl adjacent to an activating group) is 2. The number of carbonyl (C=O) groups is 4. The number of unbranched alkanes of at least 4 members (excludes halogenated alkanes) is 1. The Morgan fingerprint density at radius 3 is 2.26 bits per heavy atom. The third-order valence-corrected chi connectivity index (χ3v) is 13.8. The molecule has 0 spiro atoms. The van der Waals surface area contributed by atoms with Crippen molar-refractivity contribution < 1.29 is 77.3 Å². The van der Waals surface area contributed by atoms with E-state index in [4.69, 9.17) is 4.74 Å². The van der Waals surface area contributed by atoms with Crippen molar-refractivity contribution in [2.45, 2.75) is 128 Å². The third-order valence-electron chi connectivity index (χ3n) is 13.8. The smallest absolute Gasteiger partial charge is 0.243 e. The van der Waals surface area contributed by atoms with Crippen LogP contribution in [0.1, 0.15) is 109 Å². The summed E-state index contributed by atoms with van der Waals surface area (Å²) in [5.41, 5.74) is 4.17. The molecule has 2 aromatic rings. The molecule has 9 N–H and O–H groups in total. The van der Waals surface area contributed by atoms with Crippen LogP contribution in [-0.4, -0.2) is 128 Å². The normalized spacial score (nSPS) is 18.8. The van der Waals surface area contributed by atoms with Crippen LogP contribution < -0.4 is 26.6 Å². The number of hydrogen-bond donors (Lipinski definition) is 7. The maximum Gasteiger partial charge on any atom is 0.243 e. The molecule has 0 aromatic heterocycles. The van der Waals surface area contributed by atoms with Gasteiger partial charge in [-0.3, -0.25) is 31.0 Å². The quantitative estimate of drug-likeness (QED) is 0.0275. The number of aromatic hydroxyl groups is 1. The summed E-state index contributed by atoms with van der Waals surface area (Å²) in [7, 11) is 8.15. The Kier molecular flexibility index (Phi) is 24.4. The molecule has 2 saturated carbocycles. The van der Waals surface area contributed by atoms with Crippen LogP contribution in [-0.2, 0) is 35.8 Å². The minimum Gasteiger partial charge on any atom is -0.508 e. The summed E-state index contributed by atoms with van der Waals surface area (Å²) in [6, 6.07) is 9.59. The molecule has 16 heteroatoms. The first-order valence-corrected chi connectivity index (χ1v) is 24.0. The fourth-order valence-corrected chi connectivity index (χ4v) is 9.18. The van der Waals surface area contributed by atoms with Gasteiger partial charge in [0, 0.05) is 96.0 Å². The number of nitrogens with zero attached hydrogens (tertiary/aromatic N) is 2. The second kappa shape index (κ2) is 27.3. The van der Waals surface area contributed by atoms with Crippen molar-refractivity contribution in [2.24, 2.45) is 17.3 Å². The molecule has 0 unspecified atom stereocenters. The van der Waals surface area contributed by atoms with Crippen LogP contribution in [0.5, 0.6) is 5.75 Å². The van der Waals surface area contributed by atoms with Crippen LogP contribution >= 0.6 is 0 Å². The Bertz CT molecular complexity index is 2070. The van der Waals surface area contributed by atoms with Gasteiger partial charge in [-0.25, -0.2) is 0 Å². The molecule has 4 amide bonds. The Morgan fingerprint density at radius 1 is 1.01 bits per heavy atom. The molecule has 6 atom stereocenters. The second-order valence-corrected chi connectivity index (χ2v) is 20.1. The first kappa shape index (κ1) is 61.6. The Morgan fingerprint density at radius 2 is 1.68 bits per heavy atom. The molecule has 15 nitrogen and oxygen atoms in total. The first-order chi connectivity index (χ1) is 31.5. The predicted octanol–water partition coefficient (Wildman–Crippen LogP) is 5.01. The van der Waals surface area contributed by atoms with E-state index >= 15 is 0 Å². The summed E-state index contributed by atoms with van der Waals surface area (Å²) in [6.07, 6.45) is 6.29. The Labute approximate surface area is 442 Å². The van der Waals surface area contributed by atoms with Gasteiger partial charge in [-0.15, -0.1) is 0 Å². The molecule has 0 aliphatic heterocycles. The minimum absolute atomic E-state index is 0. The van der Waals surface area contributed by atoms with E-state index in [1.54, 1.807) is 33.3 Å².